The zero-order valence-corrected chi connectivity index (χ0v) is 12.1. The number of aliphatic hydroxyl groups excluding tert-OH is 1. The highest BCUT2D eigenvalue weighted by atomic mass is 16.3. The molecular formula is C16H24N2O2. The first-order valence-electron chi connectivity index (χ1n) is 7.31. The molecule has 0 aromatic heterocycles. The van der Waals surface area contributed by atoms with Gasteiger partial charge in [0.1, 0.15) is 0 Å². The summed E-state index contributed by atoms with van der Waals surface area (Å²) in [5.41, 5.74) is 6.92. The van der Waals surface area contributed by atoms with Gasteiger partial charge in [-0.2, -0.15) is 0 Å². The first-order valence-corrected chi connectivity index (χ1v) is 7.31. The number of hydrogen-bond donors (Lipinski definition) is 2. The van der Waals surface area contributed by atoms with E-state index in [1.54, 1.807) is 12.1 Å². The monoisotopic (exact) mass is 276 g/mol. The third kappa shape index (κ3) is 4.05. The van der Waals surface area contributed by atoms with Gasteiger partial charge < -0.3 is 15.7 Å². The van der Waals surface area contributed by atoms with E-state index in [4.69, 9.17) is 5.73 Å². The van der Waals surface area contributed by atoms with Gasteiger partial charge in [-0.1, -0.05) is 25.0 Å². The first kappa shape index (κ1) is 15.0. The number of rotatable bonds is 5. The lowest BCUT2D eigenvalue weighted by atomic mass is 9.86. The van der Waals surface area contributed by atoms with Crippen LogP contribution < -0.4 is 5.73 Å². The molecule has 3 N–H and O–H groups in total. The van der Waals surface area contributed by atoms with Gasteiger partial charge in [-0.15, -0.1) is 0 Å². The minimum Gasteiger partial charge on any atom is -0.393 e. The van der Waals surface area contributed by atoms with Gasteiger partial charge in [-0.25, -0.2) is 0 Å². The van der Waals surface area contributed by atoms with E-state index in [0.29, 0.717) is 11.5 Å². The van der Waals surface area contributed by atoms with E-state index in [-0.39, 0.29) is 6.10 Å². The van der Waals surface area contributed by atoms with Gasteiger partial charge in [0.05, 0.1) is 6.10 Å². The molecule has 0 aliphatic heterocycles. The Labute approximate surface area is 120 Å². The summed E-state index contributed by atoms with van der Waals surface area (Å²) in [6.07, 6.45) is 4.28. The minimum absolute atomic E-state index is 0.150. The molecule has 4 nitrogen and oxygen atoms in total. The normalized spacial score (nSPS) is 22.9. The molecule has 1 aromatic carbocycles. The van der Waals surface area contributed by atoms with E-state index in [9.17, 15) is 9.90 Å². The number of aliphatic hydroxyl groups is 1. The van der Waals surface area contributed by atoms with Crippen molar-refractivity contribution in [3.63, 3.8) is 0 Å². The zero-order valence-electron chi connectivity index (χ0n) is 12.1. The van der Waals surface area contributed by atoms with Gasteiger partial charge in [-0.05, 0) is 43.5 Å². The maximum Gasteiger partial charge on any atom is 0.248 e. The summed E-state index contributed by atoms with van der Waals surface area (Å²) in [7, 11) is 2.07. The molecule has 2 unspecified atom stereocenters. The van der Waals surface area contributed by atoms with Crippen molar-refractivity contribution in [2.24, 2.45) is 11.7 Å². The second-order valence-corrected chi connectivity index (χ2v) is 5.87. The number of nitrogens with zero attached hydrogens (tertiary/aromatic N) is 1. The Balaban J connectivity index is 1.87. The predicted octanol–water partition coefficient (Wildman–Crippen LogP) is 1.77. The second-order valence-electron chi connectivity index (χ2n) is 5.87. The largest absolute Gasteiger partial charge is 0.393 e. The van der Waals surface area contributed by atoms with Gasteiger partial charge in [0.15, 0.2) is 0 Å². The van der Waals surface area contributed by atoms with E-state index in [0.717, 1.165) is 37.9 Å². The Kier molecular flexibility index (Phi) is 5.15. The van der Waals surface area contributed by atoms with E-state index in [1.807, 2.05) is 12.1 Å². The number of carbonyl (C=O) groups excluding carboxylic acids is 1. The molecule has 1 aromatic rings. The Hall–Kier alpha value is -1.39. The molecule has 20 heavy (non-hydrogen) atoms. The standard InChI is InChI=1S/C16H24N2O2/c1-18(11-14-4-2-3-5-15(14)19)10-12-6-8-13(9-7-12)16(17)20/h6-9,14-15,19H,2-5,10-11H2,1H3,(H2,17,20). The number of amides is 1. The van der Waals surface area contributed by atoms with Crippen molar-refractivity contribution in [2.75, 3.05) is 13.6 Å². The molecule has 0 radical (unpaired) electrons. The van der Waals surface area contributed by atoms with Crippen LogP contribution in [0.1, 0.15) is 41.6 Å². The van der Waals surface area contributed by atoms with Gasteiger partial charge in [-0.3, -0.25) is 4.79 Å². The average molecular weight is 276 g/mol. The van der Waals surface area contributed by atoms with Crippen molar-refractivity contribution in [3.05, 3.63) is 35.4 Å². The molecule has 0 bridgehead atoms. The number of primary amides is 1. The maximum atomic E-state index is 11.0. The highest BCUT2D eigenvalue weighted by molar-refractivity contribution is 5.92. The van der Waals surface area contributed by atoms with Crippen molar-refractivity contribution in [2.45, 2.75) is 38.3 Å². The van der Waals surface area contributed by atoms with Crippen molar-refractivity contribution >= 4 is 5.91 Å². The Morgan fingerprint density at radius 3 is 2.55 bits per heavy atom. The summed E-state index contributed by atoms with van der Waals surface area (Å²) < 4.78 is 0. The van der Waals surface area contributed by atoms with E-state index < -0.39 is 5.91 Å². The van der Waals surface area contributed by atoms with Crippen LogP contribution >= 0.6 is 0 Å². The molecule has 1 aliphatic carbocycles. The third-order valence-corrected chi connectivity index (χ3v) is 4.11. The highest BCUT2D eigenvalue weighted by Gasteiger charge is 2.23. The fourth-order valence-electron chi connectivity index (χ4n) is 2.95. The molecule has 1 amide bonds. The van der Waals surface area contributed by atoms with E-state index in [2.05, 4.69) is 11.9 Å². The third-order valence-electron chi connectivity index (χ3n) is 4.11. The molecule has 0 spiro atoms. The van der Waals surface area contributed by atoms with Crippen LogP contribution in [0.2, 0.25) is 0 Å². The predicted molar refractivity (Wildman–Crippen MR) is 79.3 cm³/mol. The van der Waals surface area contributed by atoms with Crippen molar-refractivity contribution in [1.82, 2.24) is 4.90 Å². The number of benzene rings is 1. The summed E-state index contributed by atoms with van der Waals surface area (Å²) >= 11 is 0. The van der Waals surface area contributed by atoms with Gasteiger partial charge in [0.25, 0.3) is 0 Å². The van der Waals surface area contributed by atoms with Gasteiger partial charge in [0.2, 0.25) is 5.91 Å². The minimum atomic E-state index is -0.393. The number of hydrogen-bond acceptors (Lipinski definition) is 3. The van der Waals surface area contributed by atoms with Crippen LogP contribution in [0.4, 0.5) is 0 Å². The smallest absolute Gasteiger partial charge is 0.248 e. The number of nitrogens with two attached hydrogens (primary N) is 1. The SMILES string of the molecule is CN(Cc1ccc(C(N)=O)cc1)CC1CCCCC1O. The molecular weight excluding hydrogens is 252 g/mol. The quantitative estimate of drug-likeness (QED) is 0.861. The Morgan fingerprint density at radius 1 is 1.30 bits per heavy atom. The fourth-order valence-corrected chi connectivity index (χ4v) is 2.95. The number of carbonyl (C=O) groups is 1. The summed E-state index contributed by atoms with van der Waals surface area (Å²) in [6.45, 7) is 1.74. The van der Waals surface area contributed by atoms with E-state index >= 15 is 0 Å². The molecule has 1 fully saturated rings. The molecule has 1 aliphatic rings. The second kappa shape index (κ2) is 6.86. The van der Waals surface area contributed by atoms with Crippen LogP contribution in [-0.2, 0) is 6.54 Å². The van der Waals surface area contributed by atoms with Crippen molar-refractivity contribution < 1.29 is 9.90 Å². The fraction of sp³-hybridized carbons (Fsp3) is 0.562. The van der Waals surface area contributed by atoms with Crippen LogP contribution in [0.25, 0.3) is 0 Å². The van der Waals surface area contributed by atoms with Crippen LogP contribution in [0, 0.1) is 5.92 Å². The molecule has 110 valence electrons. The van der Waals surface area contributed by atoms with Crippen molar-refractivity contribution in [3.8, 4) is 0 Å². The van der Waals surface area contributed by atoms with Crippen LogP contribution in [0.3, 0.4) is 0 Å². The highest BCUT2D eigenvalue weighted by Crippen LogP contribution is 2.25. The average Bonchev–Trinajstić information content (AvgIpc) is 2.42. The molecule has 2 rings (SSSR count). The first-order chi connectivity index (χ1) is 9.56. The van der Waals surface area contributed by atoms with Crippen molar-refractivity contribution in [1.29, 1.82) is 0 Å². The summed E-state index contributed by atoms with van der Waals surface area (Å²) in [5, 5.41) is 10.0. The van der Waals surface area contributed by atoms with Crippen LogP contribution in [0.15, 0.2) is 24.3 Å². The molecule has 4 heteroatoms. The van der Waals surface area contributed by atoms with Crippen LogP contribution in [0.5, 0.6) is 0 Å². The lowest BCUT2D eigenvalue weighted by Crippen LogP contribution is -2.34. The maximum absolute atomic E-state index is 11.0. The Bertz CT molecular complexity index is 444. The lowest BCUT2D eigenvalue weighted by molar-refractivity contribution is 0.0501. The van der Waals surface area contributed by atoms with Crippen LogP contribution in [-0.4, -0.2) is 35.6 Å². The molecule has 2 atom stereocenters. The molecule has 0 saturated heterocycles. The van der Waals surface area contributed by atoms with Gasteiger partial charge in [0, 0.05) is 18.7 Å². The Morgan fingerprint density at radius 2 is 1.95 bits per heavy atom. The zero-order chi connectivity index (χ0) is 14.5. The van der Waals surface area contributed by atoms with Gasteiger partial charge >= 0.3 is 0 Å². The molecule has 0 heterocycles. The topological polar surface area (TPSA) is 66.6 Å². The summed E-state index contributed by atoms with van der Waals surface area (Å²) in [6, 6.07) is 7.41. The summed E-state index contributed by atoms with van der Waals surface area (Å²) in [4.78, 5) is 13.3. The lowest BCUT2D eigenvalue weighted by Gasteiger charge is -2.31. The van der Waals surface area contributed by atoms with E-state index in [1.165, 1.54) is 6.42 Å². The molecule has 1 saturated carbocycles. The summed E-state index contributed by atoms with van der Waals surface area (Å²) in [5.74, 6) is -0.00567.